The average molecular weight is 1120 g/mol. The highest BCUT2D eigenvalue weighted by Gasteiger charge is 2.33. The number of rotatable bonds is 9. The van der Waals surface area contributed by atoms with Crippen molar-refractivity contribution in [2.75, 3.05) is 18.0 Å². The van der Waals surface area contributed by atoms with Gasteiger partial charge in [0.15, 0.2) is 45.9 Å². The summed E-state index contributed by atoms with van der Waals surface area (Å²) in [7, 11) is 0. The van der Waals surface area contributed by atoms with E-state index >= 15 is 0 Å². The fraction of sp³-hybridized carbons (Fsp3) is 0.538. The zero-order chi connectivity index (χ0) is 54.5. The summed E-state index contributed by atoms with van der Waals surface area (Å²) in [6.07, 6.45) is 1.77. The predicted molar refractivity (Wildman–Crippen MR) is 316 cm³/mol. The molecule has 17 nitrogen and oxygen atoms in total. The molecule has 8 bridgehead atoms. The van der Waals surface area contributed by atoms with E-state index in [2.05, 4.69) is 153 Å². The van der Waals surface area contributed by atoms with E-state index in [-0.39, 0.29) is 28.5 Å². The van der Waals surface area contributed by atoms with Crippen LogP contribution >= 0.6 is 70.6 Å². The van der Waals surface area contributed by atoms with Gasteiger partial charge in [-0.1, -0.05) is 195 Å². The van der Waals surface area contributed by atoms with Gasteiger partial charge in [-0.3, -0.25) is 0 Å². The van der Waals surface area contributed by atoms with E-state index in [1.165, 1.54) is 0 Å². The molecule has 0 fully saturated rings. The van der Waals surface area contributed by atoms with Crippen molar-refractivity contribution in [3.63, 3.8) is 0 Å². The molecule has 0 amide bonds. The number of fused-ring (bicyclic) bond motifs is 20. The Morgan fingerprint density at radius 2 is 0.587 bits per heavy atom. The van der Waals surface area contributed by atoms with Crippen LogP contribution in [0.4, 0.5) is 5.82 Å². The molecule has 396 valence electrons. The Balaban J connectivity index is 1.48. The van der Waals surface area contributed by atoms with Crippen LogP contribution in [-0.4, -0.2) is 121 Å². The predicted octanol–water partition coefficient (Wildman–Crippen LogP) is 14.2. The fourth-order valence-electron chi connectivity index (χ4n) is 7.66. The summed E-state index contributed by atoms with van der Waals surface area (Å²) in [6.45, 7) is 44.7. The molecule has 0 aromatic carbocycles. The number of thioether (sulfide) groups is 6. The largest absolute Gasteiger partial charge is 0.356 e. The van der Waals surface area contributed by atoms with Crippen LogP contribution in [0.2, 0.25) is 0 Å². The fourth-order valence-corrected chi connectivity index (χ4v) is 13.5. The van der Waals surface area contributed by atoms with Gasteiger partial charge in [-0.2, -0.15) is 0 Å². The molecule has 0 aliphatic carbocycles. The van der Waals surface area contributed by atoms with E-state index < -0.39 is 0 Å². The lowest BCUT2D eigenvalue weighted by molar-refractivity contribution is 0.778. The number of aromatic amines is 2. The van der Waals surface area contributed by atoms with Crippen LogP contribution in [-0.2, 0) is 0 Å². The molecule has 0 radical (unpaired) electrons. The van der Waals surface area contributed by atoms with Crippen molar-refractivity contribution < 1.29 is 0 Å². The molecule has 2 aliphatic rings. The second-order valence-corrected chi connectivity index (χ2v) is 35.0. The zero-order valence-electron chi connectivity index (χ0n) is 46.6. The number of hydrogen-bond donors (Lipinski definition) is 2. The molecule has 2 N–H and O–H groups in total. The van der Waals surface area contributed by atoms with Crippen molar-refractivity contribution in [2.24, 2.45) is 0 Å². The summed E-state index contributed by atoms with van der Waals surface area (Å²) >= 11 is 9.93. The number of H-pyrrole nitrogens is 2. The van der Waals surface area contributed by atoms with Crippen molar-refractivity contribution in [2.45, 2.75) is 197 Å². The first-order chi connectivity index (χ1) is 34.7. The van der Waals surface area contributed by atoms with Gasteiger partial charge in [-0.25, -0.2) is 69.8 Å². The van der Waals surface area contributed by atoms with Gasteiger partial charge in [0.2, 0.25) is 0 Å². The van der Waals surface area contributed by atoms with Crippen LogP contribution in [0.3, 0.4) is 0 Å². The topological polar surface area (TPSA) is 215 Å². The van der Waals surface area contributed by atoms with Gasteiger partial charge in [-0.15, -0.1) is 0 Å². The molecule has 23 heteroatoms. The summed E-state index contributed by atoms with van der Waals surface area (Å²) in [5, 5.41) is 4.66. The van der Waals surface area contributed by atoms with E-state index in [0.29, 0.717) is 96.5 Å². The van der Waals surface area contributed by atoms with Crippen molar-refractivity contribution in [3.05, 3.63) is 6.20 Å². The molecule has 0 atom stereocenters. The zero-order valence-corrected chi connectivity index (χ0v) is 51.5. The van der Waals surface area contributed by atoms with Crippen LogP contribution in [0.1, 0.15) is 138 Å². The first-order valence-corrected chi connectivity index (χ1v) is 30.0. The summed E-state index contributed by atoms with van der Waals surface area (Å²) in [5.74, 6) is 1.90. The number of nitrogens with zero attached hydrogens (tertiary/aromatic N) is 15. The molecule has 0 spiro atoms. The molecule has 0 saturated carbocycles. The third-order valence-electron chi connectivity index (χ3n) is 10.3. The Morgan fingerprint density at radius 1 is 0.333 bits per heavy atom. The Kier molecular flexibility index (Phi) is 14.6. The Labute approximate surface area is 465 Å². The van der Waals surface area contributed by atoms with Crippen LogP contribution in [0.5, 0.6) is 0 Å². The number of hydrogen-bond acceptors (Lipinski definition) is 21. The highest BCUT2D eigenvalue weighted by atomic mass is 32.2. The lowest BCUT2D eigenvalue weighted by atomic mass is 10.3. The molecule has 75 heavy (non-hydrogen) atoms. The van der Waals surface area contributed by atoms with Crippen LogP contribution < -0.4 is 4.90 Å². The second-order valence-electron chi connectivity index (χ2n) is 24.1. The van der Waals surface area contributed by atoms with E-state index in [0.717, 1.165) is 43.2 Å². The molecular formula is C52H67N17S6. The van der Waals surface area contributed by atoms with Crippen LogP contribution in [0, 0.1) is 0 Å². The van der Waals surface area contributed by atoms with Crippen molar-refractivity contribution in [1.82, 2.24) is 79.7 Å². The van der Waals surface area contributed by atoms with E-state index in [4.69, 9.17) is 69.8 Å². The van der Waals surface area contributed by atoms with Gasteiger partial charge in [0.25, 0.3) is 0 Å². The van der Waals surface area contributed by atoms with Crippen LogP contribution in [0.25, 0.3) is 90.7 Å². The van der Waals surface area contributed by atoms with E-state index in [1.807, 2.05) is 0 Å². The Morgan fingerprint density at radius 3 is 0.853 bits per heavy atom. The number of nitrogens with one attached hydrogen (secondary N) is 2. The average Bonchev–Trinajstić information content (AvgIpc) is 3.96. The standard InChI is InChI=1S/C52H67N17S6/c1-21-69(22-2)24-23-53-25-26(54-24)34-61-33(25)62-35-27-28(56-42(71-48(6,7)8)41(55-27)70-47(3,4)5)37(64-35)66-39-31-32(60-46(75-52(18,19)20)45(59-31)74-51(15,16)17)40(68-39)67-38-30-29(36(63-34)65-38)57-43(72-49(9,10)11)44(58-30)73-50(12,13)14/h23H,21-22H2,1-20H3,(H2,61,62,63,64,65,66,67,68). The SMILES string of the molecule is CCN(CC)c1cnc2c3nc4nc(nc5[nH]c(nc6nc(nc([nH]3)c2n1)-c1nc(SC(C)(C)C)c(SC(C)(C)C)nc1-6)c1nc(SC(C)(C)C)c(SC(C)(C)C)nc51)-c1nc(SC(C)(C)C)c(SC(C)(C)C)nc1-4. The summed E-state index contributed by atoms with van der Waals surface area (Å²) in [5.41, 5.74) is 5.46. The van der Waals surface area contributed by atoms with E-state index in [9.17, 15) is 0 Å². The van der Waals surface area contributed by atoms with E-state index in [1.54, 1.807) is 76.8 Å². The minimum atomic E-state index is -0.191. The third-order valence-corrected chi connectivity index (χ3v) is 17.2. The van der Waals surface area contributed by atoms with Crippen molar-refractivity contribution >= 4 is 121 Å². The molecule has 9 rings (SSSR count). The third kappa shape index (κ3) is 12.6. The molecular weight excluding hydrogens is 1060 g/mol. The molecule has 0 unspecified atom stereocenters. The first-order valence-electron chi connectivity index (χ1n) is 25.1. The molecule has 2 aliphatic heterocycles. The highest BCUT2D eigenvalue weighted by Crippen LogP contribution is 2.47. The summed E-state index contributed by atoms with van der Waals surface area (Å²) in [6, 6.07) is 0. The second kappa shape index (κ2) is 19.8. The number of aromatic nitrogens is 16. The molecule has 0 saturated heterocycles. The monoisotopic (exact) mass is 1120 g/mol. The highest BCUT2D eigenvalue weighted by molar-refractivity contribution is 8.04. The Hall–Kier alpha value is -4.42. The quantitative estimate of drug-likeness (QED) is 0.128. The lowest BCUT2D eigenvalue weighted by Crippen LogP contribution is -2.23. The van der Waals surface area contributed by atoms with Gasteiger partial charge in [0, 0.05) is 41.6 Å². The van der Waals surface area contributed by atoms with Crippen molar-refractivity contribution in [1.29, 1.82) is 0 Å². The van der Waals surface area contributed by atoms with Gasteiger partial charge < -0.3 is 14.9 Å². The van der Waals surface area contributed by atoms with Gasteiger partial charge in [-0.05, 0) is 13.8 Å². The maximum atomic E-state index is 5.42. The minimum Gasteiger partial charge on any atom is -0.356 e. The van der Waals surface area contributed by atoms with Gasteiger partial charge in [0.05, 0.1) is 6.20 Å². The Bertz CT molecular complexity index is 3570. The molecule has 9 heterocycles. The maximum absolute atomic E-state index is 5.42. The first kappa shape index (κ1) is 55.3. The lowest BCUT2D eigenvalue weighted by Gasteiger charge is -2.22. The maximum Gasteiger partial charge on any atom is 0.184 e. The smallest absolute Gasteiger partial charge is 0.184 e. The van der Waals surface area contributed by atoms with Gasteiger partial charge >= 0.3 is 0 Å². The molecule has 7 aromatic rings. The summed E-state index contributed by atoms with van der Waals surface area (Å²) < 4.78 is -1.13. The molecule has 7 aromatic heterocycles. The van der Waals surface area contributed by atoms with Gasteiger partial charge in [0.1, 0.15) is 80.8 Å². The minimum absolute atomic E-state index is 0.187. The van der Waals surface area contributed by atoms with Crippen molar-refractivity contribution in [3.8, 4) is 46.1 Å². The summed E-state index contributed by atoms with van der Waals surface area (Å²) in [4.78, 5) is 83.5. The van der Waals surface area contributed by atoms with Crippen LogP contribution in [0.15, 0.2) is 36.4 Å². The number of anilines is 1. The normalized spacial score (nSPS) is 13.5.